The number of piperidine rings is 2. The van der Waals surface area contributed by atoms with Gasteiger partial charge in [-0.15, -0.1) is 31.4 Å². The second-order valence-corrected chi connectivity index (χ2v) is 26.4. The molecule has 0 radical (unpaired) electrons. The molecule has 0 amide bonds. The van der Waals surface area contributed by atoms with Gasteiger partial charge in [0.05, 0.1) is 30.4 Å². The molecule has 4 fully saturated rings. The number of aliphatic hydroxyl groups is 1. The molecule has 4 aromatic carbocycles. The maximum atomic E-state index is 12.5. The summed E-state index contributed by atoms with van der Waals surface area (Å²) in [6, 6.07) is 36.5. The molecule has 0 bridgehead atoms. The summed E-state index contributed by atoms with van der Waals surface area (Å²) in [5.74, 6) is 0.929. The molecular formula is C66H79ClF6N9O4P. The molecule has 12 rings (SSSR count). The molecule has 87 heavy (non-hydrogen) atoms. The Labute approximate surface area is 512 Å². The Morgan fingerprint density at radius 3 is 1.56 bits per heavy atom. The standard InChI is InChI=1S/C26H36NP.C20H21F3N4O2.C13H7ClF3N3O.C7H15NO/c1-27(2)25-19-11-9-17-23(25)24-18-10-12-20-26(24)28(21-13-5-3-6-14-21)22-15-7-4-8-16-22;1-26-9-7-14(8-10-26)13-28-19-6-5-18-24-12-17(27(18)25-19)15-3-2-4-16(11-15)29-20(21,22)23;14-11-4-5-12-18-7-10(20(12)19-11)8-2-1-3-9(6-8)21-13(15,16)17;1-8-4-2-7(6-9)3-5-8/h9-12,17-22H,3-8,13-16H2,1-2H3;2-6,11-12,14H,7-10,13H2,1H3;1-7H;7,9H,2-6H2,1H3. The number of imidazole rings is 2. The molecule has 1 N–H and O–H groups in total. The summed E-state index contributed by atoms with van der Waals surface area (Å²) in [6.07, 6.45) is 12.7. The van der Waals surface area contributed by atoms with Gasteiger partial charge in [-0.25, -0.2) is 19.0 Å². The van der Waals surface area contributed by atoms with Gasteiger partial charge in [0.2, 0.25) is 5.88 Å². The van der Waals surface area contributed by atoms with Gasteiger partial charge in [0.25, 0.3) is 0 Å². The maximum absolute atomic E-state index is 12.5. The lowest BCUT2D eigenvalue weighted by Crippen LogP contribution is -2.32. The zero-order valence-corrected chi connectivity index (χ0v) is 51.6. The van der Waals surface area contributed by atoms with Crippen LogP contribution in [0, 0.1) is 11.8 Å². The highest BCUT2D eigenvalue weighted by Crippen LogP contribution is 2.56. The second-order valence-electron chi connectivity index (χ2n) is 23.2. The summed E-state index contributed by atoms with van der Waals surface area (Å²) in [5, 5.41) is 19.3. The van der Waals surface area contributed by atoms with Crippen LogP contribution >= 0.6 is 19.5 Å². The number of likely N-dealkylation sites (tertiary alicyclic amines) is 2. The van der Waals surface area contributed by atoms with Crippen LogP contribution in [-0.2, 0) is 0 Å². The zero-order chi connectivity index (χ0) is 61.5. The molecule has 2 aliphatic carbocycles. The van der Waals surface area contributed by atoms with E-state index in [2.05, 4.69) is 121 Å². The average molecular weight is 1240 g/mol. The molecule has 0 unspecified atom stereocenters. The summed E-state index contributed by atoms with van der Waals surface area (Å²) in [7, 11) is 8.51. The van der Waals surface area contributed by atoms with Crippen molar-refractivity contribution in [1.82, 2.24) is 39.0 Å². The lowest BCUT2D eigenvalue weighted by Gasteiger charge is -2.39. The molecular weight excluding hydrogens is 1160 g/mol. The topological polar surface area (TPSA) is 118 Å². The third-order valence-corrected chi connectivity index (χ3v) is 20.3. The Balaban J connectivity index is 0.000000146. The summed E-state index contributed by atoms with van der Waals surface area (Å²) in [5.41, 5.74) is 9.34. The molecule has 0 atom stereocenters. The van der Waals surface area contributed by atoms with E-state index in [0.29, 0.717) is 64.7 Å². The fraction of sp³-hybridized carbons (Fsp3) is 0.455. The zero-order valence-electron chi connectivity index (χ0n) is 49.9. The molecule has 2 saturated carbocycles. The summed E-state index contributed by atoms with van der Waals surface area (Å²) < 4.78 is 91.1. The summed E-state index contributed by atoms with van der Waals surface area (Å²) >= 11 is 5.82. The Morgan fingerprint density at radius 1 is 0.563 bits per heavy atom. The van der Waals surface area contributed by atoms with Gasteiger partial charge in [-0.1, -0.05) is 125 Å². The van der Waals surface area contributed by atoms with Crippen molar-refractivity contribution >= 4 is 41.8 Å². The van der Waals surface area contributed by atoms with Crippen molar-refractivity contribution in [3.8, 4) is 51.0 Å². The summed E-state index contributed by atoms with van der Waals surface area (Å²) in [4.78, 5) is 15.3. The number of anilines is 1. The van der Waals surface area contributed by atoms with Crippen LogP contribution in [-0.4, -0.2) is 136 Å². The normalized spacial score (nSPS) is 17.0. The van der Waals surface area contributed by atoms with Gasteiger partial charge in [-0.2, -0.15) is 5.10 Å². The van der Waals surface area contributed by atoms with Crippen LogP contribution in [0.2, 0.25) is 5.15 Å². The second kappa shape index (κ2) is 30.6. The van der Waals surface area contributed by atoms with Crippen LogP contribution in [0.15, 0.2) is 134 Å². The van der Waals surface area contributed by atoms with Gasteiger partial charge < -0.3 is 34.0 Å². The number of para-hydroxylation sites is 1. The number of benzene rings is 4. The highest BCUT2D eigenvalue weighted by atomic mass is 35.5. The van der Waals surface area contributed by atoms with Crippen LogP contribution in [0.4, 0.5) is 32.0 Å². The Kier molecular flexibility index (Phi) is 22.9. The van der Waals surface area contributed by atoms with E-state index in [9.17, 15) is 26.3 Å². The van der Waals surface area contributed by atoms with Crippen LogP contribution in [0.25, 0.3) is 44.9 Å². The van der Waals surface area contributed by atoms with Crippen molar-refractivity contribution in [1.29, 1.82) is 0 Å². The van der Waals surface area contributed by atoms with Gasteiger partial charge in [0, 0.05) is 49.1 Å². The van der Waals surface area contributed by atoms with E-state index in [-0.39, 0.29) is 24.6 Å². The van der Waals surface area contributed by atoms with Crippen molar-refractivity contribution in [3.63, 3.8) is 0 Å². The fourth-order valence-electron chi connectivity index (χ4n) is 12.0. The number of alkyl halides is 6. The van der Waals surface area contributed by atoms with Crippen molar-refractivity contribution < 1.29 is 45.7 Å². The number of ether oxygens (including phenoxy) is 3. The van der Waals surface area contributed by atoms with Gasteiger partial charge >= 0.3 is 12.7 Å². The molecule has 8 aromatic rings. The first-order chi connectivity index (χ1) is 41.9. The Hall–Kier alpha value is -6.50. The molecule has 466 valence electrons. The van der Waals surface area contributed by atoms with Crippen molar-refractivity contribution in [2.24, 2.45) is 11.8 Å². The quantitative estimate of drug-likeness (QED) is 0.0878. The van der Waals surface area contributed by atoms with Gasteiger partial charge in [-0.05, 0) is 174 Å². The van der Waals surface area contributed by atoms with Crippen molar-refractivity contribution in [2.75, 3.05) is 72.5 Å². The number of aliphatic hydroxyl groups excluding tert-OH is 1. The molecule has 13 nitrogen and oxygen atoms in total. The van der Waals surface area contributed by atoms with Crippen molar-refractivity contribution in [3.05, 3.63) is 139 Å². The van der Waals surface area contributed by atoms with E-state index >= 15 is 0 Å². The molecule has 0 spiro atoms. The van der Waals surface area contributed by atoms with E-state index < -0.39 is 12.7 Å². The largest absolute Gasteiger partial charge is 0.573 e. The number of rotatable bonds is 13. The minimum atomic E-state index is -4.74. The average Bonchev–Trinajstić information content (AvgIpc) is 2.20. The van der Waals surface area contributed by atoms with Crippen LogP contribution < -0.4 is 24.4 Å². The number of hydrogen-bond donors (Lipinski definition) is 1. The lowest BCUT2D eigenvalue weighted by atomic mass is 9.98. The number of nitrogens with zero attached hydrogens (tertiary/aromatic N) is 9. The number of halogens is 7. The third-order valence-electron chi connectivity index (χ3n) is 16.6. The van der Waals surface area contributed by atoms with E-state index in [1.165, 1.54) is 141 Å². The van der Waals surface area contributed by atoms with Crippen LogP contribution in [0.5, 0.6) is 17.4 Å². The molecule has 4 aromatic heterocycles. The van der Waals surface area contributed by atoms with Gasteiger partial charge in [0.15, 0.2) is 11.3 Å². The number of fused-ring (bicyclic) bond motifs is 2. The first-order valence-electron chi connectivity index (χ1n) is 30.2. The Bertz CT molecular complexity index is 3410. The third kappa shape index (κ3) is 18.5. The predicted molar refractivity (Wildman–Crippen MR) is 335 cm³/mol. The maximum Gasteiger partial charge on any atom is 0.573 e. The molecule has 6 heterocycles. The minimum Gasteiger partial charge on any atom is -0.476 e. The summed E-state index contributed by atoms with van der Waals surface area (Å²) in [6.45, 7) is 5.40. The van der Waals surface area contributed by atoms with Crippen LogP contribution in [0.1, 0.15) is 89.9 Å². The smallest absolute Gasteiger partial charge is 0.476 e. The highest BCUT2D eigenvalue weighted by Gasteiger charge is 2.35. The highest BCUT2D eigenvalue weighted by molar-refractivity contribution is 7.67. The SMILES string of the molecule is CN(C)c1ccccc1-c1ccccc1P(C1CCCCC1)C1CCCCC1.CN1CCC(CO)CC1.CN1CCC(COc2ccc3ncc(-c4cccc(OC(F)(F)F)c4)n3n2)CC1.FC(F)(F)Oc1cccc(-c2cnc3ccc(Cl)nn23)c1. The van der Waals surface area contributed by atoms with Crippen LogP contribution in [0.3, 0.4) is 0 Å². The number of hydrogen-bond acceptors (Lipinski definition) is 11. The lowest BCUT2D eigenvalue weighted by molar-refractivity contribution is -0.275. The molecule has 2 aliphatic heterocycles. The van der Waals surface area contributed by atoms with E-state index in [1.807, 2.05) is 0 Å². The first-order valence-corrected chi connectivity index (χ1v) is 32.1. The van der Waals surface area contributed by atoms with E-state index in [0.717, 1.165) is 50.3 Å². The van der Waals surface area contributed by atoms with Crippen molar-refractivity contribution in [2.45, 2.75) is 114 Å². The molecule has 21 heteroatoms. The van der Waals surface area contributed by atoms with E-state index in [4.69, 9.17) is 21.4 Å². The fourth-order valence-corrected chi connectivity index (χ4v) is 16.1. The van der Waals surface area contributed by atoms with E-state index in [1.54, 1.807) is 52.4 Å². The first kappa shape index (κ1) is 65.0. The monoisotopic (exact) mass is 1240 g/mol. The molecule has 4 aliphatic rings. The molecule has 2 saturated heterocycles. The van der Waals surface area contributed by atoms with Gasteiger partial charge in [0.1, 0.15) is 16.7 Å². The number of aromatic nitrogens is 6. The predicted octanol–water partition coefficient (Wildman–Crippen LogP) is 15.5. The van der Waals surface area contributed by atoms with Gasteiger partial charge in [-0.3, -0.25) is 0 Å². The minimum absolute atomic E-state index is 0.0867. The Morgan fingerprint density at radius 2 is 1.05 bits per heavy atom.